The Hall–Kier alpha value is -3.93. The molecule has 2 aromatic carbocycles. The highest BCUT2D eigenvalue weighted by Gasteiger charge is 2.30. The predicted octanol–water partition coefficient (Wildman–Crippen LogP) is 6.84. The van der Waals surface area contributed by atoms with Gasteiger partial charge in [-0.1, -0.05) is 121 Å². The normalized spacial score (nSPS) is 13.6. The Morgan fingerprint density at radius 3 is 2.09 bits per heavy atom. The molecule has 3 rings (SSSR count). The number of aliphatic hydroxyl groups is 1. The smallest absolute Gasteiger partial charge is 0.204 e. The van der Waals surface area contributed by atoms with Crippen LogP contribution in [0.1, 0.15) is 78.9 Å². The van der Waals surface area contributed by atoms with E-state index in [1.807, 2.05) is 64.0 Å². The van der Waals surface area contributed by atoms with Gasteiger partial charge in [0.15, 0.2) is 0 Å². The number of carbonyl (C=O) groups is 3. The fourth-order valence-electron chi connectivity index (χ4n) is 5.62. The third kappa shape index (κ3) is 21.4. The number of hydrogen-bond donors (Lipinski definition) is 2. The second kappa shape index (κ2) is 35.1. The van der Waals surface area contributed by atoms with E-state index in [-0.39, 0.29) is 31.8 Å². The van der Waals surface area contributed by atoms with E-state index in [4.69, 9.17) is 14.6 Å². The minimum Gasteiger partial charge on any atom is -0.392 e. The number of rotatable bonds is 19. The molecular formula is C43H71N5O5. The van der Waals surface area contributed by atoms with Crippen molar-refractivity contribution in [1.29, 1.82) is 0 Å². The molecule has 0 aliphatic carbocycles. The number of benzene rings is 2. The number of morpholine rings is 1. The van der Waals surface area contributed by atoms with Gasteiger partial charge >= 0.3 is 0 Å². The van der Waals surface area contributed by atoms with Gasteiger partial charge in [0, 0.05) is 31.9 Å². The van der Waals surface area contributed by atoms with E-state index in [9.17, 15) is 9.59 Å². The number of likely N-dealkylation sites (N-methyl/N-ethyl adjacent to an activating group) is 1. The second-order valence-electron chi connectivity index (χ2n) is 11.4. The Labute approximate surface area is 321 Å². The summed E-state index contributed by atoms with van der Waals surface area (Å²) in [5, 5.41) is 13.3. The largest absolute Gasteiger partial charge is 0.392 e. The van der Waals surface area contributed by atoms with Gasteiger partial charge in [0.25, 0.3) is 0 Å². The molecule has 2 aromatic rings. The summed E-state index contributed by atoms with van der Waals surface area (Å²) in [6, 6.07) is 18.6. The summed E-state index contributed by atoms with van der Waals surface area (Å²) in [5.41, 5.74) is 9.06. The van der Waals surface area contributed by atoms with Crippen molar-refractivity contribution in [1.82, 2.24) is 14.9 Å². The first-order chi connectivity index (χ1) is 25.9. The van der Waals surface area contributed by atoms with Crippen LogP contribution < -0.4 is 10.6 Å². The lowest BCUT2D eigenvalue weighted by molar-refractivity contribution is -0.137. The number of hydrazine groups is 1. The second-order valence-corrected chi connectivity index (χ2v) is 11.4. The number of allylic oxidation sites excluding steroid dienone is 2. The van der Waals surface area contributed by atoms with Gasteiger partial charge in [0.05, 0.1) is 38.6 Å². The quantitative estimate of drug-likeness (QED) is 0.0525. The molecule has 298 valence electrons. The molecule has 1 aliphatic heterocycles. The Kier molecular flexibility index (Phi) is 33.9. The molecule has 53 heavy (non-hydrogen) atoms. The topological polar surface area (TPSA) is 120 Å². The van der Waals surface area contributed by atoms with Gasteiger partial charge in [0.1, 0.15) is 12.6 Å². The standard InChI is InChI=1S/C26H39N3O3.C12H17NO.2C2H6.CH3NO/c1-5-12-23(15-11-18-30)20-25(22-32)27(4)26(7-3)29(28(16-6-2)17-19-31)21-24-13-9-8-10-14-24;1-2-11-4-3-5-12(10-11)13-6-8-14-9-7-13;2*1-2;2-1-3/h6,8-15,19,22,25-26,30H,2,5,7,16-18,20-21H2,1,3-4H3;3-5,10H,2,6-9H2,1H3;2*1-2H3;1H,(H2,2,3)/b15-11-,23-12+;;;;/t25-,26?;;;;/m0..../s1. The van der Waals surface area contributed by atoms with Gasteiger partial charge in [0.2, 0.25) is 6.41 Å². The zero-order chi connectivity index (χ0) is 40.3. The van der Waals surface area contributed by atoms with Gasteiger partial charge < -0.3 is 30.1 Å². The van der Waals surface area contributed by atoms with E-state index >= 15 is 0 Å². The van der Waals surface area contributed by atoms with Crippen LogP contribution in [0.15, 0.2) is 91.1 Å². The highest BCUT2D eigenvalue weighted by Crippen LogP contribution is 2.22. The van der Waals surface area contributed by atoms with E-state index in [0.717, 1.165) is 69.3 Å². The van der Waals surface area contributed by atoms with Crippen LogP contribution in [-0.2, 0) is 32.1 Å². The average Bonchev–Trinajstić information content (AvgIpc) is 3.21. The van der Waals surface area contributed by atoms with E-state index in [0.29, 0.717) is 19.5 Å². The Morgan fingerprint density at radius 2 is 1.58 bits per heavy atom. The molecule has 0 bridgehead atoms. The molecule has 1 fully saturated rings. The minimum absolute atomic E-state index is 0.0344. The molecule has 1 unspecified atom stereocenters. The van der Waals surface area contributed by atoms with Crippen molar-refractivity contribution in [3.05, 3.63) is 102 Å². The predicted molar refractivity (Wildman–Crippen MR) is 223 cm³/mol. The minimum atomic E-state index is -0.346. The van der Waals surface area contributed by atoms with Crippen LogP contribution in [0.25, 0.3) is 0 Å². The highest BCUT2D eigenvalue weighted by molar-refractivity contribution is 5.59. The number of hydrogen-bond acceptors (Lipinski definition) is 9. The summed E-state index contributed by atoms with van der Waals surface area (Å²) in [6.45, 7) is 23.3. The molecule has 0 radical (unpaired) electrons. The van der Waals surface area contributed by atoms with Gasteiger partial charge in [-0.25, -0.2) is 10.0 Å². The number of nitrogens with zero attached hydrogens (tertiary/aromatic N) is 4. The average molecular weight is 738 g/mol. The van der Waals surface area contributed by atoms with Crippen molar-refractivity contribution in [3.8, 4) is 0 Å². The molecule has 3 N–H and O–H groups in total. The molecule has 0 spiro atoms. The fourth-order valence-corrected chi connectivity index (χ4v) is 5.62. The van der Waals surface area contributed by atoms with Crippen LogP contribution in [0.2, 0.25) is 0 Å². The summed E-state index contributed by atoms with van der Waals surface area (Å²) >= 11 is 0. The van der Waals surface area contributed by atoms with Crippen molar-refractivity contribution in [2.45, 2.75) is 92.9 Å². The molecule has 0 aromatic heterocycles. The zero-order valence-electron chi connectivity index (χ0n) is 34.0. The molecule has 1 saturated heterocycles. The number of aldehydes is 2. The third-order valence-corrected chi connectivity index (χ3v) is 8.08. The molecule has 1 amide bonds. The monoisotopic (exact) mass is 738 g/mol. The fraction of sp³-hybridized carbons (Fsp3) is 0.512. The first-order valence-electron chi connectivity index (χ1n) is 19.2. The Morgan fingerprint density at radius 1 is 0.962 bits per heavy atom. The number of primary amides is 1. The zero-order valence-corrected chi connectivity index (χ0v) is 34.0. The van der Waals surface area contributed by atoms with Crippen molar-refractivity contribution in [2.24, 2.45) is 5.73 Å². The molecular weight excluding hydrogens is 667 g/mol. The Balaban J connectivity index is 0. The summed E-state index contributed by atoms with van der Waals surface area (Å²) < 4.78 is 5.34. The van der Waals surface area contributed by atoms with Gasteiger partial charge in [-0.15, -0.1) is 6.58 Å². The van der Waals surface area contributed by atoms with Gasteiger partial charge in [-0.3, -0.25) is 9.69 Å². The van der Waals surface area contributed by atoms with Crippen LogP contribution in [0, 0.1) is 0 Å². The molecule has 0 saturated carbocycles. The Bertz CT molecular complexity index is 1240. The van der Waals surface area contributed by atoms with Crippen LogP contribution in [0.5, 0.6) is 0 Å². The lowest BCUT2D eigenvalue weighted by atomic mass is 10.0. The molecule has 2 atom stereocenters. The van der Waals surface area contributed by atoms with Crippen LogP contribution in [0.3, 0.4) is 0 Å². The number of aliphatic hydroxyl groups excluding tert-OH is 1. The first kappa shape index (κ1) is 51.2. The maximum atomic E-state index is 12.1. The molecule has 1 aliphatic rings. The van der Waals surface area contributed by atoms with Crippen LogP contribution in [0.4, 0.5) is 5.69 Å². The lowest BCUT2D eigenvalue weighted by Crippen LogP contribution is -2.57. The number of aryl methyl sites for hydroxylation is 1. The van der Waals surface area contributed by atoms with Gasteiger partial charge in [-0.05, 0) is 56.0 Å². The van der Waals surface area contributed by atoms with Crippen LogP contribution >= 0.6 is 0 Å². The lowest BCUT2D eigenvalue weighted by Gasteiger charge is -2.44. The summed E-state index contributed by atoms with van der Waals surface area (Å²) in [6.07, 6.45) is 12.7. The number of anilines is 1. The van der Waals surface area contributed by atoms with Crippen molar-refractivity contribution in [3.63, 3.8) is 0 Å². The first-order valence-corrected chi connectivity index (χ1v) is 19.2. The van der Waals surface area contributed by atoms with Gasteiger partial charge in [-0.2, -0.15) is 0 Å². The third-order valence-electron chi connectivity index (χ3n) is 8.08. The van der Waals surface area contributed by atoms with Crippen molar-refractivity contribution < 1.29 is 24.2 Å². The number of carbonyl (C=O) groups excluding carboxylic acids is 3. The highest BCUT2D eigenvalue weighted by atomic mass is 16.5. The molecule has 10 heteroatoms. The number of ether oxygens (including phenoxy) is 1. The molecule has 1 heterocycles. The van der Waals surface area contributed by atoms with E-state index in [1.165, 1.54) is 11.3 Å². The van der Waals surface area contributed by atoms with E-state index in [1.54, 1.807) is 12.2 Å². The van der Waals surface area contributed by atoms with E-state index in [2.05, 4.69) is 90.4 Å². The molecule has 10 nitrogen and oxygen atoms in total. The van der Waals surface area contributed by atoms with Crippen LogP contribution in [-0.4, -0.2) is 104 Å². The number of nitrogens with two attached hydrogens (primary N) is 1. The summed E-state index contributed by atoms with van der Waals surface area (Å²) in [4.78, 5) is 36.6. The van der Waals surface area contributed by atoms with Crippen molar-refractivity contribution >= 4 is 24.7 Å². The maximum Gasteiger partial charge on any atom is 0.204 e. The summed E-state index contributed by atoms with van der Waals surface area (Å²) in [7, 11) is 1.96. The SMILES string of the molecule is C=CCN(CC=O)N(Cc1ccccc1)C(CC)N(C)[C@H](C=O)CC(/C=C\CO)=C/CC.CC.CC.CCc1cccc(N2CCOCC2)c1.NC=O. The van der Waals surface area contributed by atoms with Crippen molar-refractivity contribution in [2.75, 3.05) is 57.9 Å². The number of amides is 1. The van der Waals surface area contributed by atoms with E-state index < -0.39 is 0 Å². The maximum absolute atomic E-state index is 12.1. The summed E-state index contributed by atoms with van der Waals surface area (Å²) in [5.74, 6) is 0.